The Morgan fingerprint density at radius 3 is 2.44 bits per heavy atom. The van der Waals surface area contributed by atoms with E-state index in [0.29, 0.717) is 25.1 Å². The molecular formula is C9H18N2O4S. The van der Waals surface area contributed by atoms with Crippen molar-refractivity contribution in [3.8, 4) is 0 Å². The number of hydrogen-bond donors (Lipinski definition) is 4. The van der Waals surface area contributed by atoms with Crippen molar-refractivity contribution in [1.82, 2.24) is 5.32 Å². The second kappa shape index (κ2) is 8.37. The van der Waals surface area contributed by atoms with Gasteiger partial charge in [0.15, 0.2) is 0 Å². The second-order valence-electron chi connectivity index (χ2n) is 3.39. The molecule has 0 rings (SSSR count). The zero-order chi connectivity index (χ0) is 12.6. The summed E-state index contributed by atoms with van der Waals surface area (Å²) in [4.78, 5) is 21.1. The maximum atomic E-state index is 10.7. The van der Waals surface area contributed by atoms with Crippen LogP contribution in [0, 0.1) is 0 Å². The quantitative estimate of drug-likeness (QED) is 0.411. The summed E-state index contributed by atoms with van der Waals surface area (Å²) in [5, 5.41) is 20.2. The molecule has 0 heterocycles. The van der Waals surface area contributed by atoms with Crippen LogP contribution in [0.4, 0.5) is 0 Å². The lowest BCUT2D eigenvalue weighted by Gasteiger charge is -2.13. The van der Waals surface area contributed by atoms with Crippen LogP contribution >= 0.6 is 11.8 Å². The first-order chi connectivity index (χ1) is 7.49. The minimum Gasteiger partial charge on any atom is -0.480 e. The molecule has 0 saturated carbocycles. The third-order valence-electron chi connectivity index (χ3n) is 2.03. The SMILES string of the molecule is CSCC(NCCC[C@@H](N)C(=O)O)C(=O)O. The number of carboxylic acids is 2. The summed E-state index contributed by atoms with van der Waals surface area (Å²) < 4.78 is 0. The molecule has 0 saturated heterocycles. The summed E-state index contributed by atoms with van der Waals surface area (Å²) in [5.41, 5.74) is 5.30. The third-order valence-corrected chi connectivity index (χ3v) is 2.70. The average Bonchev–Trinajstić information content (AvgIpc) is 2.21. The predicted molar refractivity (Wildman–Crippen MR) is 62.7 cm³/mol. The maximum Gasteiger partial charge on any atom is 0.321 e. The first-order valence-corrected chi connectivity index (χ1v) is 6.32. The van der Waals surface area contributed by atoms with Gasteiger partial charge in [0.05, 0.1) is 0 Å². The second-order valence-corrected chi connectivity index (χ2v) is 4.30. The Balaban J connectivity index is 3.70. The Bertz CT molecular complexity index is 238. The third kappa shape index (κ3) is 6.65. The van der Waals surface area contributed by atoms with E-state index in [4.69, 9.17) is 15.9 Å². The highest BCUT2D eigenvalue weighted by atomic mass is 32.2. The van der Waals surface area contributed by atoms with E-state index in [1.165, 1.54) is 11.8 Å². The molecule has 1 unspecified atom stereocenters. The number of aliphatic carboxylic acids is 2. The molecule has 0 aromatic rings. The number of carboxylic acid groups (broad SMARTS) is 2. The summed E-state index contributed by atoms with van der Waals surface area (Å²) in [6, 6.07) is -1.46. The van der Waals surface area contributed by atoms with Crippen molar-refractivity contribution in [3.63, 3.8) is 0 Å². The van der Waals surface area contributed by atoms with Crippen LogP contribution in [0.15, 0.2) is 0 Å². The van der Waals surface area contributed by atoms with Crippen molar-refractivity contribution in [2.75, 3.05) is 18.6 Å². The van der Waals surface area contributed by atoms with Crippen molar-refractivity contribution < 1.29 is 19.8 Å². The van der Waals surface area contributed by atoms with E-state index < -0.39 is 24.0 Å². The van der Waals surface area contributed by atoms with Crippen LogP contribution < -0.4 is 11.1 Å². The Morgan fingerprint density at radius 1 is 1.38 bits per heavy atom. The normalized spacial score (nSPS) is 14.4. The molecule has 7 heteroatoms. The summed E-state index contributed by atoms with van der Waals surface area (Å²) in [6.45, 7) is 0.457. The van der Waals surface area contributed by atoms with E-state index in [9.17, 15) is 9.59 Å². The lowest BCUT2D eigenvalue weighted by molar-refractivity contribution is -0.140. The largest absolute Gasteiger partial charge is 0.480 e. The minimum absolute atomic E-state index is 0.341. The van der Waals surface area contributed by atoms with Gasteiger partial charge in [0.2, 0.25) is 0 Å². The Kier molecular flexibility index (Phi) is 7.96. The molecule has 0 aromatic carbocycles. The Morgan fingerprint density at radius 2 is 2.00 bits per heavy atom. The molecule has 0 amide bonds. The van der Waals surface area contributed by atoms with E-state index in [1.807, 2.05) is 6.26 Å². The molecule has 0 radical (unpaired) electrons. The number of rotatable bonds is 9. The van der Waals surface area contributed by atoms with Crippen LogP contribution in [-0.2, 0) is 9.59 Å². The predicted octanol–water partition coefficient (Wildman–Crippen LogP) is -0.416. The van der Waals surface area contributed by atoms with E-state index in [2.05, 4.69) is 5.32 Å². The fraction of sp³-hybridized carbons (Fsp3) is 0.778. The van der Waals surface area contributed by atoms with Gasteiger partial charge in [-0.05, 0) is 25.6 Å². The van der Waals surface area contributed by atoms with Crippen LogP contribution in [-0.4, -0.2) is 52.8 Å². The number of carbonyl (C=O) groups is 2. The molecule has 0 fully saturated rings. The minimum atomic E-state index is -1.03. The summed E-state index contributed by atoms with van der Waals surface area (Å²) in [5.74, 6) is -1.43. The van der Waals surface area contributed by atoms with Crippen molar-refractivity contribution in [1.29, 1.82) is 0 Å². The first-order valence-electron chi connectivity index (χ1n) is 4.92. The number of thioether (sulfide) groups is 1. The van der Waals surface area contributed by atoms with Crippen molar-refractivity contribution in [3.05, 3.63) is 0 Å². The molecule has 5 N–H and O–H groups in total. The number of nitrogens with two attached hydrogens (primary N) is 1. The molecule has 0 aliphatic rings. The topological polar surface area (TPSA) is 113 Å². The van der Waals surface area contributed by atoms with E-state index in [1.54, 1.807) is 0 Å². The van der Waals surface area contributed by atoms with Crippen LogP contribution in [0.3, 0.4) is 0 Å². The molecule has 2 atom stereocenters. The Labute approximate surface area is 98.6 Å². The molecule has 16 heavy (non-hydrogen) atoms. The molecule has 0 aromatic heterocycles. The van der Waals surface area contributed by atoms with E-state index in [-0.39, 0.29) is 0 Å². The molecule has 0 aliphatic carbocycles. The van der Waals surface area contributed by atoms with E-state index in [0.717, 1.165) is 0 Å². The highest BCUT2D eigenvalue weighted by Crippen LogP contribution is 1.99. The fourth-order valence-electron chi connectivity index (χ4n) is 1.11. The fourth-order valence-corrected chi connectivity index (χ4v) is 1.70. The molecule has 0 bridgehead atoms. The van der Waals surface area contributed by atoms with Gasteiger partial charge < -0.3 is 21.3 Å². The zero-order valence-corrected chi connectivity index (χ0v) is 10.00. The molecular weight excluding hydrogens is 232 g/mol. The summed E-state index contributed by atoms with van der Waals surface area (Å²) in [6.07, 6.45) is 2.72. The molecule has 0 aliphatic heterocycles. The average molecular weight is 250 g/mol. The highest BCUT2D eigenvalue weighted by Gasteiger charge is 2.16. The van der Waals surface area contributed by atoms with Crippen LogP contribution in [0.1, 0.15) is 12.8 Å². The van der Waals surface area contributed by atoms with Crippen LogP contribution in [0.5, 0.6) is 0 Å². The standard InChI is InChI=1S/C9H18N2O4S/c1-16-5-7(9(14)15)11-4-2-3-6(10)8(12)13/h6-7,11H,2-5,10H2,1H3,(H,12,13)(H,14,15)/t6-,7?/m1/s1. The number of nitrogens with one attached hydrogen (secondary N) is 1. The van der Waals surface area contributed by atoms with Crippen molar-refractivity contribution in [2.45, 2.75) is 24.9 Å². The number of hydrogen-bond acceptors (Lipinski definition) is 5. The smallest absolute Gasteiger partial charge is 0.321 e. The van der Waals surface area contributed by atoms with Gasteiger partial charge in [0, 0.05) is 5.75 Å². The first kappa shape index (κ1) is 15.2. The van der Waals surface area contributed by atoms with Crippen molar-refractivity contribution in [2.24, 2.45) is 5.73 Å². The van der Waals surface area contributed by atoms with Gasteiger partial charge >= 0.3 is 11.9 Å². The monoisotopic (exact) mass is 250 g/mol. The zero-order valence-electron chi connectivity index (χ0n) is 9.18. The maximum absolute atomic E-state index is 10.7. The van der Waals surface area contributed by atoms with Gasteiger partial charge in [-0.25, -0.2) is 0 Å². The van der Waals surface area contributed by atoms with Crippen molar-refractivity contribution >= 4 is 23.7 Å². The van der Waals surface area contributed by atoms with Crippen LogP contribution in [0.2, 0.25) is 0 Å². The lowest BCUT2D eigenvalue weighted by Crippen LogP contribution is -2.40. The molecule has 0 spiro atoms. The van der Waals surface area contributed by atoms with Gasteiger partial charge in [-0.2, -0.15) is 11.8 Å². The Hall–Kier alpha value is -0.790. The molecule has 6 nitrogen and oxygen atoms in total. The van der Waals surface area contributed by atoms with Gasteiger partial charge in [-0.1, -0.05) is 0 Å². The van der Waals surface area contributed by atoms with Gasteiger partial charge in [-0.15, -0.1) is 0 Å². The molecule has 94 valence electrons. The van der Waals surface area contributed by atoms with Gasteiger partial charge in [0.25, 0.3) is 0 Å². The van der Waals surface area contributed by atoms with E-state index >= 15 is 0 Å². The van der Waals surface area contributed by atoms with Crippen LogP contribution in [0.25, 0.3) is 0 Å². The summed E-state index contributed by atoms with van der Waals surface area (Å²) in [7, 11) is 0. The summed E-state index contributed by atoms with van der Waals surface area (Å²) >= 11 is 1.45. The lowest BCUT2D eigenvalue weighted by atomic mass is 10.1. The van der Waals surface area contributed by atoms with Gasteiger partial charge in [0.1, 0.15) is 12.1 Å². The van der Waals surface area contributed by atoms with Gasteiger partial charge in [-0.3, -0.25) is 9.59 Å². The highest BCUT2D eigenvalue weighted by molar-refractivity contribution is 7.98.